The van der Waals surface area contributed by atoms with Gasteiger partial charge in [-0.15, -0.1) is 0 Å². The number of halogens is 1. The van der Waals surface area contributed by atoms with E-state index in [1.54, 1.807) is 0 Å². The number of benzene rings is 2. The van der Waals surface area contributed by atoms with Gasteiger partial charge in [-0.1, -0.05) is 43.0 Å². The molecule has 0 unspecified atom stereocenters. The molecule has 2 heterocycles. The number of fused-ring (bicyclic) bond motifs is 1. The molecular weight excluding hydrogens is 422 g/mol. The Hall–Kier alpha value is -2.37. The molecule has 2 aliphatic rings. The van der Waals surface area contributed by atoms with Crippen LogP contribution in [0.5, 0.6) is 0 Å². The molecule has 6 heteroatoms. The maximum Gasteiger partial charge on any atom is 0.243 e. The van der Waals surface area contributed by atoms with E-state index in [9.17, 15) is 4.79 Å². The molecule has 168 valence electrons. The van der Waals surface area contributed by atoms with Crippen molar-refractivity contribution < 1.29 is 9.53 Å². The predicted octanol–water partition coefficient (Wildman–Crippen LogP) is 5.77. The first-order valence-corrected chi connectivity index (χ1v) is 12.2. The molecule has 1 saturated carbocycles. The quantitative estimate of drug-likeness (QED) is 0.535. The highest BCUT2D eigenvalue weighted by Crippen LogP contribution is 2.36. The average Bonchev–Trinajstić information content (AvgIpc) is 3.20. The van der Waals surface area contributed by atoms with E-state index in [0.717, 1.165) is 48.1 Å². The molecule has 1 aliphatic carbocycles. The van der Waals surface area contributed by atoms with Crippen LogP contribution in [0.3, 0.4) is 0 Å². The number of rotatable bonds is 5. The lowest BCUT2D eigenvalue weighted by Gasteiger charge is -2.33. The fraction of sp³-hybridized carbons (Fsp3) is 0.462. The molecule has 2 aromatic carbocycles. The number of nitrogens with zero attached hydrogens (tertiary/aromatic N) is 2. The Morgan fingerprint density at radius 1 is 1.00 bits per heavy atom. The van der Waals surface area contributed by atoms with Gasteiger partial charge in [0.1, 0.15) is 11.9 Å². The van der Waals surface area contributed by atoms with Crippen LogP contribution in [0.25, 0.3) is 22.4 Å². The van der Waals surface area contributed by atoms with Gasteiger partial charge >= 0.3 is 0 Å². The van der Waals surface area contributed by atoms with Crippen LogP contribution in [0.15, 0.2) is 48.5 Å². The van der Waals surface area contributed by atoms with E-state index in [4.69, 9.17) is 21.3 Å². The number of hydrogen-bond donors (Lipinski definition) is 1. The van der Waals surface area contributed by atoms with E-state index in [-0.39, 0.29) is 23.9 Å². The third-order valence-corrected chi connectivity index (χ3v) is 7.16. The van der Waals surface area contributed by atoms with E-state index < -0.39 is 0 Å². The van der Waals surface area contributed by atoms with Crippen LogP contribution in [0.1, 0.15) is 51.0 Å². The van der Waals surface area contributed by atoms with Crippen molar-refractivity contribution in [3.8, 4) is 11.4 Å². The Labute approximate surface area is 194 Å². The minimum Gasteiger partial charge on any atom is -0.381 e. The van der Waals surface area contributed by atoms with E-state index in [1.807, 2.05) is 42.5 Å². The van der Waals surface area contributed by atoms with Crippen LogP contribution in [-0.2, 0) is 9.53 Å². The zero-order chi connectivity index (χ0) is 21.9. The van der Waals surface area contributed by atoms with Crippen molar-refractivity contribution in [3.05, 3.63) is 53.6 Å². The highest BCUT2D eigenvalue weighted by Gasteiger charge is 2.35. The molecule has 3 aromatic rings. The summed E-state index contributed by atoms with van der Waals surface area (Å²) < 4.78 is 7.81. The summed E-state index contributed by atoms with van der Waals surface area (Å²) in [5.74, 6) is 1.14. The molecule has 2 fully saturated rings. The highest BCUT2D eigenvalue weighted by atomic mass is 35.5. The van der Waals surface area contributed by atoms with Crippen LogP contribution < -0.4 is 5.32 Å². The number of ether oxygens (including phenoxy) is 1. The first kappa shape index (κ1) is 21.5. The van der Waals surface area contributed by atoms with Gasteiger partial charge in [-0.05, 0) is 68.0 Å². The summed E-state index contributed by atoms with van der Waals surface area (Å²) in [5.41, 5.74) is 2.86. The lowest BCUT2D eigenvalue weighted by Crippen LogP contribution is -2.44. The number of carbonyl (C=O) groups is 1. The lowest BCUT2D eigenvalue weighted by atomic mass is 9.89. The summed E-state index contributed by atoms with van der Waals surface area (Å²) >= 11 is 6.16. The maximum absolute atomic E-state index is 13.9. The number of amides is 1. The smallest absolute Gasteiger partial charge is 0.243 e. The molecule has 1 saturated heterocycles. The van der Waals surface area contributed by atoms with Crippen LogP contribution in [0.4, 0.5) is 0 Å². The van der Waals surface area contributed by atoms with Crippen LogP contribution in [0.2, 0.25) is 5.02 Å². The fourth-order valence-electron chi connectivity index (χ4n) is 5.24. The number of nitrogens with one attached hydrogen (secondary N) is 1. The molecule has 1 aliphatic heterocycles. The van der Waals surface area contributed by atoms with Crippen molar-refractivity contribution in [1.82, 2.24) is 14.9 Å². The van der Waals surface area contributed by atoms with Gasteiger partial charge in [0.25, 0.3) is 0 Å². The number of para-hydroxylation sites is 2. The van der Waals surface area contributed by atoms with Crippen molar-refractivity contribution >= 4 is 28.5 Å². The molecule has 0 bridgehead atoms. The average molecular weight is 452 g/mol. The van der Waals surface area contributed by atoms with Crippen molar-refractivity contribution in [2.24, 2.45) is 5.92 Å². The summed E-state index contributed by atoms with van der Waals surface area (Å²) in [6.07, 6.45) is 7.53. The second-order valence-electron chi connectivity index (χ2n) is 9.04. The van der Waals surface area contributed by atoms with E-state index in [2.05, 4.69) is 16.0 Å². The van der Waals surface area contributed by atoms with Crippen LogP contribution in [0, 0.1) is 5.92 Å². The Kier molecular flexibility index (Phi) is 6.47. The summed E-state index contributed by atoms with van der Waals surface area (Å²) in [5, 5.41) is 4.09. The predicted molar refractivity (Wildman–Crippen MR) is 128 cm³/mol. The van der Waals surface area contributed by atoms with Crippen LogP contribution in [-0.4, -0.2) is 34.7 Å². The second-order valence-corrected chi connectivity index (χ2v) is 9.48. The lowest BCUT2D eigenvalue weighted by molar-refractivity contribution is -0.127. The van der Waals surface area contributed by atoms with Gasteiger partial charge in [-0.25, -0.2) is 4.98 Å². The van der Waals surface area contributed by atoms with Crippen molar-refractivity contribution in [3.63, 3.8) is 0 Å². The van der Waals surface area contributed by atoms with Crippen molar-refractivity contribution in [1.29, 1.82) is 0 Å². The SMILES string of the molecule is O=C(NC1CCCCC1)[C@H](C1CCOCC1)n1c(-c2ccc(Cl)cc2)nc2ccccc21. The molecule has 0 radical (unpaired) electrons. The van der Waals surface area contributed by atoms with Gasteiger partial charge in [0.05, 0.1) is 11.0 Å². The first-order chi connectivity index (χ1) is 15.7. The first-order valence-electron chi connectivity index (χ1n) is 11.8. The van der Waals surface area contributed by atoms with Gasteiger partial charge in [-0.3, -0.25) is 4.79 Å². The number of hydrogen-bond acceptors (Lipinski definition) is 3. The topological polar surface area (TPSA) is 56.1 Å². The maximum atomic E-state index is 13.9. The minimum absolute atomic E-state index is 0.113. The van der Waals surface area contributed by atoms with Gasteiger partial charge in [-0.2, -0.15) is 0 Å². The second kappa shape index (κ2) is 9.63. The van der Waals surface area contributed by atoms with Gasteiger partial charge in [0.15, 0.2) is 0 Å². The van der Waals surface area contributed by atoms with Gasteiger partial charge < -0.3 is 14.6 Å². The highest BCUT2D eigenvalue weighted by molar-refractivity contribution is 6.30. The fourth-order valence-corrected chi connectivity index (χ4v) is 5.36. The summed E-state index contributed by atoms with van der Waals surface area (Å²) in [6, 6.07) is 15.8. The van der Waals surface area contributed by atoms with Gasteiger partial charge in [0, 0.05) is 29.8 Å². The molecular formula is C26H30ClN3O2. The van der Waals surface area contributed by atoms with Crippen LogP contribution >= 0.6 is 11.6 Å². The molecule has 5 nitrogen and oxygen atoms in total. The summed E-state index contributed by atoms with van der Waals surface area (Å²) in [6.45, 7) is 1.39. The largest absolute Gasteiger partial charge is 0.381 e. The monoisotopic (exact) mass is 451 g/mol. The Balaban J connectivity index is 1.60. The third kappa shape index (κ3) is 4.41. The molecule has 32 heavy (non-hydrogen) atoms. The third-order valence-electron chi connectivity index (χ3n) is 6.91. The van der Waals surface area contributed by atoms with E-state index >= 15 is 0 Å². The molecule has 1 atom stereocenters. The molecule has 1 aromatic heterocycles. The molecule has 0 spiro atoms. The molecule has 1 N–H and O–H groups in total. The van der Waals surface area contributed by atoms with Crippen molar-refractivity contribution in [2.45, 2.75) is 57.0 Å². The number of carbonyl (C=O) groups excluding carboxylic acids is 1. The van der Waals surface area contributed by atoms with Crippen molar-refractivity contribution in [2.75, 3.05) is 13.2 Å². The van der Waals surface area contributed by atoms with Gasteiger partial charge in [0.2, 0.25) is 5.91 Å². The Bertz CT molecular complexity index is 1070. The summed E-state index contributed by atoms with van der Waals surface area (Å²) in [4.78, 5) is 18.8. The standard InChI is InChI=1S/C26H30ClN3O2/c27-20-12-10-19(11-13-20)25-29-22-8-4-5-9-23(22)30(25)24(18-14-16-32-17-15-18)26(31)28-21-6-2-1-3-7-21/h4-5,8-13,18,21,24H,1-3,6-7,14-17H2,(H,28,31)/t24-/m0/s1. The Morgan fingerprint density at radius 3 is 2.47 bits per heavy atom. The zero-order valence-electron chi connectivity index (χ0n) is 18.3. The van der Waals surface area contributed by atoms with E-state index in [0.29, 0.717) is 18.2 Å². The molecule has 1 amide bonds. The molecule has 5 rings (SSSR count). The number of imidazole rings is 1. The minimum atomic E-state index is -0.320. The Morgan fingerprint density at radius 2 is 1.72 bits per heavy atom. The summed E-state index contributed by atoms with van der Waals surface area (Å²) in [7, 11) is 0. The normalized spacial score (nSPS) is 19.2. The zero-order valence-corrected chi connectivity index (χ0v) is 19.1. The van der Waals surface area contributed by atoms with E-state index in [1.165, 1.54) is 19.3 Å². The number of aromatic nitrogens is 2.